The zero-order valence-corrected chi connectivity index (χ0v) is 10.7. The molecular weight excluding hydrogens is 256 g/mol. The van der Waals surface area contributed by atoms with Crippen molar-refractivity contribution in [3.8, 4) is 0 Å². The molecule has 19 heavy (non-hydrogen) atoms. The number of carbonyl (C=O) groups is 2. The zero-order valence-electron chi connectivity index (χ0n) is 10.7. The van der Waals surface area contributed by atoms with Crippen LogP contribution in [-0.2, 0) is 4.79 Å². The van der Waals surface area contributed by atoms with Gasteiger partial charge in [0.2, 0.25) is 5.91 Å². The molecule has 1 aromatic rings. The lowest BCUT2D eigenvalue weighted by Gasteiger charge is -2.11. The quantitative estimate of drug-likeness (QED) is 0.794. The van der Waals surface area contributed by atoms with Crippen LogP contribution in [0.4, 0.5) is 14.5 Å². The SMILES string of the molecule is CN(C)C(=O)CCNC(=O)c1c(F)ccc(N)c1F. The number of nitrogens with two attached hydrogens (primary N) is 1. The molecule has 104 valence electrons. The topological polar surface area (TPSA) is 75.4 Å². The molecular formula is C12H15F2N3O2. The number of rotatable bonds is 4. The molecule has 0 saturated carbocycles. The van der Waals surface area contributed by atoms with Crippen LogP contribution in [0.2, 0.25) is 0 Å². The van der Waals surface area contributed by atoms with E-state index in [2.05, 4.69) is 5.32 Å². The molecule has 0 radical (unpaired) electrons. The molecule has 0 heterocycles. The minimum Gasteiger partial charge on any atom is -0.396 e. The van der Waals surface area contributed by atoms with Crippen molar-refractivity contribution in [2.75, 3.05) is 26.4 Å². The maximum absolute atomic E-state index is 13.5. The fraction of sp³-hybridized carbons (Fsp3) is 0.333. The molecule has 0 aromatic heterocycles. The Balaban J connectivity index is 2.70. The van der Waals surface area contributed by atoms with Crippen molar-refractivity contribution in [3.63, 3.8) is 0 Å². The minimum absolute atomic E-state index is 0.0104. The molecule has 0 fully saturated rings. The minimum atomic E-state index is -1.10. The maximum Gasteiger partial charge on any atom is 0.257 e. The Morgan fingerprint density at radius 3 is 2.53 bits per heavy atom. The summed E-state index contributed by atoms with van der Waals surface area (Å²) in [6.45, 7) is -0.0104. The maximum atomic E-state index is 13.5. The number of nitrogen functional groups attached to an aromatic ring is 1. The van der Waals surface area contributed by atoms with Crippen molar-refractivity contribution in [1.82, 2.24) is 10.2 Å². The molecule has 0 aliphatic heterocycles. The second kappa shape index (κ2) is 6.12. The van der Waals surface area contributed by atoms with E-state index in [9.17, 15) is 18.4 Å². The molecule has 1 aromatic carbocycles. The monoisotopic (exact) mass is 271 g/mol. The lowest BCUT2D eigenvalue weighted by atomic mass is 10.1. The van der Waals surface area contributed by atoms with Gasteiger partial charge in [-0.15, -0.1) is 0 Å². The summed E-state index contributed by atoms with van der Waals surface area (Å²) in [5, 5.41) is 2.27. The summed E-state index contributed by atoms with van der Waals surface area (Å²) in [5.41, 5.74) is 4.21. The van der Waals surface area contributed by atoms with E-state index in [1.54, 1.807) is 14.1 Å². The highest BCUT2D eigenvalue weighted by atomic mass is 19.1. The highest BCUT2D eigenvalue weighted by molar-refractivity contribution is 5.95. The Kier molecular flexibility index (Phi) is 4.80. The van der Waals surface area contributed by atoms with E-state index < -0.39 is 23.1 Å². The first-order valence-electron chi connectivity index (χ1n) is 5.56. The van der Waals surface area contributed by atoms with Crippen molar-refractivity contribution in [3.05, 3.63) is 29.3 Å². The molecule has 0 spiro atoms. The van der Waals surface area contributed by atoms with Gasteiger partial charge in [0, 0.05) is 27.1 Å². The van der Waals surface area contributed by atoms with Gasteiger partial charge in [-0.25, -0.2) is 8.78 Å². The number of benzene rings is 1. The van der Waals surface area contributed by atoms with Crippen LogP contribution >= 0.6 is 0 Å². The number of anilines is 1. The third kappa shape index (κ3) is 3.64. The number of hydrogen-bond acceptors (Lipinski definition) is 3. The Hall–Kier alpha value is -2.18. The third-order valence-electron chi connectivity index (χ3n) is 2.47. The molecule has 0 bridgehead atoms. The Labute approximate surface area is 109 Å². The zero-order chi connectivity index (χ0) is 14.6. The van der Waals surface area contributed by atoms with Crippen molar-refractivity contribution in [2.45, 2.75) is 6.42 Å². The van der Waals surface area contributed by atoms with Gasteiger partial charge in [-0.2, -0.15) is 0 Å². The molecule has 0 atom stereocenters. The molecule has 7 heteroatoms. The first-order valence-corrected chi connectivity index (χ1v) is 5.56. The number of nitrogens with zero attached hydrogens (tertiary/aromatic N) is 1. The second-order valence-electron chi connectivity index (χ2n) is 4.12. The lowest BCUT2D eigenvalue weighted by Crippen LogP contribution is -2.31. The third-order valence-corrected chi connectivity index (χ3v) is 2.47. The highest BCUT2D eigenvalue weighted by Crippen LogP contribution is 2.18. The van der Waals surface area contributed by atoms with Crippen LogP contribution in [0.3, 0.4) is 0 Å². The predicted octanol–water partition coefficient (Wildman–Crippen LogP) is 0.755. The number of hydrogen-bond donors (Lipinski definition) is 2. The normalized spacial score (nSPS) is 10.1. The van der Waals surface area contributed by atoms with Crippen LogP contribution < -0.4 is 11.1 Å². The summed E-state index contributed by atoms with van der Waals surface area (Å²) in [4.78, 5) is 24.2. The van der Waals surface area contributed by atoms with E-state index in [4.69, 9.17) is 5.73 Å². The van der Waals surface area contributed by atoms with E-state index in [1.807, 2.05) is 0 Å². The van der Waals surface area contributed by atoms with Gasteiger partial charge >= 0.3 is 0 Å². The van der Waals surface area contributed by atoms with Gasteiger partial charge < -0.3 is 16.0 Å². The first-order chi connectivity index (χ1) is 8.84. The van der Waals surface area contributed by atoms with Gasteiger partial charge in [0.15, 0.2) is 5.82 Å². The lowest BCUT2D eigenvalue weighted by molar-refractivity contribution is -0.128. The highest BCUT2D eigenvalue weighted by Gasteiger charge is 2.19. The van der Waals surface area contributed by atoms with Gasteiger partial charge in [-0.1, -0.05) is 0 Å². The molecule has 0 saturated heterocycles. The van der Waals surface area contributed by atoms with Crippen LogP contribution in [0.5, 0.6) is 0 Å². The second-order valence-corrected chi connectivity index (χ2v) is 4.12. The Morgan fingerprint density at radius 2 is 1.95 bits per heavy atom. The van der Waals surface area contributed by atoms with Crippen LogP contribution in [0.25, 0.3) is 0 Å². The van der Waals surface area contributed by atoms with Crippen LogP contribution in [0.15, 0.2) is 12.1 Å². The predicted molar refractivity (Wildman–Crippen MR) is 66.4 cm³/mol. The molecule has 2 amide bonds. The first kappa shape index (κ1) is 14.9. The molecule has 0 unspecified atom stereocenters. The summed E-state index contributed by atoms with van der Waals surface area (Å²) in [6, 6.07) is 1.95. The van der Waals surface area contributed by atoms with Gasteiger partial charge in [0.05, 0.1) is 5.69 Å². The van der Waals surface area contributed by atoms with Gasteiger partial charge in [0.1, 0.15) is 11.4 Å². The fourth-order valence-corrected chi connectivity index (χ4v) is 1.37. The van der Waals surface area contributed by atoms with E-state index >= 15 is 0 Å². The van der Waals surface area contributed by atoms with E-state index in [0.29, 0.717) is 0 Å². The van der Waals surface area contributed by atoms with Crippen molar-refractivity contribution in [2.24, 2.45) is 0 Å². The summed E-state index contributed by atoms with van der Waals surface area (Å²) in [5.74, 6) is -3.23. The molecule has 1 rings (SSSR count). The van der Waals surface area contributed by atoms with Gasteiger partial charge in [0.25, 0.3) is 5.91 Å². The molecule has 3 N–H and O–H groups in total. The van der Waals surface area contributed by atoms with Crippen molar-refractivity contribution in [1.29, 1.82) is 0 Å². The van der Waals surface area contributed by atoms with E-state index in [-0.39, 0.29) is 24.6 Å². The molecule has 0 aliphatic carbocycles. The van der Waals surface area contributed by atoms with Crippen LogP contribution in [0.1, 0.15) is 16.8 Å². The summed E-state index contributed by atoms with van der Waals surface area (Å²) < 4.78 is 26.9. The largest absolute Gasteiger partial charge is 0.396 e. The average Bonchev–Trinajstić information content (AvgIpc) is 2.34. The Bertz CT molecular complexity index is 504. The summed E-state index contributed by atoms with van der Waals surface area (Å²) in [6.07, 6.45) is 0.0459. The average molecular weight is 271 g/mol. The molecule has 5 nitrogen and oxygen atoms in total. The van der Waals surface area contributed by atoms with Gasteiger partial charge in [-0.3, -0.25) is 9.59 Å². The number of nitrogens with one attached hydrogen (secondary N) is 1. The van der Waals surface area contributed by atoms with Crippen LogP contribution in [-0.4, -0.2) is 37.4 Å². The smallest absolute Gasteiger partial charge is 0.257 e. The van der Waals surface area contributed by atoms with Crippen LogP contribution in [0, 0.1) is 11.6 Å². The Morgan fingerprint density at radius 1 is 1.32 bits per heavy atom. The fourth-order valence-electron chi connectivity index (χ4n) is 1.37. The molecule has 0 aliphatic rings. The van der Waals surface area contributed by atoms with Crippen molar-refractivity contribution < 1.29 is 18.4 Å². The number of halogens is 2. The number of carbonyl (C=O) groups excluding carboxylic acids is 2. The van der Waals surface area contributed by atoms with Crippen molar-refractivity contribution >= 4 is 17.5 Å². The number of amides is 2. The summed E-state index contributed by atoms with van der Waals surface area (Å²) >= 11 is 0. The van der Waals surface area contributed by atoms with Gasteiger partial charge in [-0.05, 0) is 12.1 Å². The summed E-state index contributed by atoms with van der Waals surface area (Å²) in [7, 11) is 3.14. The van der Waals surface area contributed by atoms with E-state index in [0.717, 1.165) is 12.1 Å². The standard InChI is InChI=1S/C12H15F2N3O2/c1-17(2)9(18)5-6-16-12(19)10-7(13)3-4-8(15)11(10)14/h3-4H,5-6,15H2,1-2H3,(H,16,19). The van der Waals surface area contributed by atoms with E-state index in [1.165, 1.54) is 4.90 Å².